The number of ether oxygens (including phenoxy) is 1. The molecule has 0 aliphatic heterocycles. The first kappa shape index (κ1) is 11.1. The third-order valence-corrected chi connectivity index (χ3v) is 2.29. The normalized spacial score (nSPS) is 13.7. The van der Waals surface area contributed by atoms with Crippen molar-refractivity contribution in [2.24, 2.45) is 11.1 Å². The molecule has 0 fully saturated rings. The van der Waals surface area contributed by atoms with Crippen molar-refractivity contribution in [1.29, 1.82) is 0 Å². The molecule has 0 saturated carbocycles. The summed E-state index contributed by atoms with van der Waals surface area (Å²) in [6, 6.07) is 9.82. The number of hydrogen-bond acceptors (Lipinski definition) is 2. The molecule has 0 saturated heterocycles. The fourth-order valence-corrected chi connectivity index (χ4v) is 0.953. The third-order valence-electron chi connectivity index (χ3n) is 2.29. The number of para-hydroxylation sites is 1. The first-order chi connectivity index (χ1) is 6.50. The van der Waals surface area contributed by atoms with Gasteiger partial charge in [-0.05, 0) is 17.5 Å². The largest absolute Gasteiger partial charge is 0.492 e. The number of hydrogen-bond donors (Lipinski definition) is 1. The van der Waals surface area contributed by atoms with Gasteiger partial charge in [0, 0.05) is 6.04 Å². The summed E-state index contributed by atoms with van der Waals surface area (Å²) in [6.45, 7) is 6.91. The van der Waals surface area contributed by atoms with Gasteiger partial charge in [-0.2, -0.15) is 0 Å². The first-order valence-corrected chi connectivity index (χ1v) is 4.93. The van der Waals surface area contributed by atoms with E-state index in [4.69, 9.17) is 10.5 Å². The van der Waals surface area contributed by atoms with Gasteiger partial charge in [0.05, 0.1) is 0 Å². The summed E-state index contributed by atoms with van der Waals surface area (Å²) < 4.78 is 5.57. The monoisotopic (exact) mass is 193 g/mol. The molecule has 0 aliphatic carbocycles. The van der Waals surface area contributed by atoms with Crippen LogP contribution in [-0.2, 0) is 0 Å². The third kappa shape index (κ3) is 3.38. The fraction of sp³-hybridized carbons (Fsp3) is 0.500. The maximum atomic E-state index is 5.97. The molecule has 0 radical (unpaired) electrons. The lowest BCUT2D eigenvalue weighted by atomic mass is 9.88. The standard InChI is InChI=1S/C12H19NO/c1-12(2,3)11(13)9-14-10-7-5-4-6-8-10/h4-8,11H,9,13H2,1-3H3. The van der Waals surface area contributed by atoms with E-state index in [1.165, 1.54) is 0 Å². The number of nitrogens with two attached hydrogens (primary N) is 1. The van der Waals surface area contributed by atoms with Crippen LogP contribution in [0.4, 0.5) is 0 Å². The fourth-order valence-electron chi connectivity index (χ4n) is 0.953. The molecule has 2 N–H and O–H groups in total. The highest BCUT2D eigenvalue weighted by atomic mass is 16.5. The van der Waals surface area contributed by atoms with Gasteiger partial charge in [0.15, 0.2) is 0 Å². The van der Waals surface area contributed by atoms with Gasteiger partial charge >= 0.3 is 0 Å². The van der Waals surface area contributed by atoms with Gasteiger partial charge in [-0.25, -0.2) is 0 Å². The van der Waals surface area contributed by atoms with E-state index in [2.05, 4.69) is 20.8 Å². The molecule has 1 aromatic rings. The lowest BCUT2D eigenvalue weighted by molar-refractivity contribution is 0.205. The molecule has 1 unspecified atom stereocenters. The van der Waals surface area contributed by atoms with Crippen LogP contribution < -0.4 is 10.5 Å². The van der Waals surface area contributed by atoms with Crippen molar-refractivity contribution in [2.75, 3.05) is 6.61 Å². The van der Waals surface area contributed by atoms with Crippen molar-refractivity contribution in [2.45, 2.75) is 26.8 Å². The van der Waals surface area contributed by atoms with Gasteiger partial charge in [0.2, 0.25) is 0 Å². The van der Waals surface area contributed by atoms with E-state index in [1.54, 1.807) is 0 Å². The van der Waals surface area contributed by atoms with Crippen LogP contribution >= 0.6 is 0 Å². The van der Waals surface area contributed by atoms with Crippen LogP contribution in [-0.4, -0.2) is 12.6 Å². The Kier molecular flexibility index (Phi) is 3.53. The Bertz CT molecular complexity index is 263. The van der Waals surface area contributed by atoms with Crippen molar-refractivity contribution in [3.8, 4) is 5.75 Å². The average molecular weight is 193 g/mol. The van der Waals surface area contributed by atoms with Gasteiger partial charge < -0.3 is 10.5 Å². The van der Waals surface area contributed by atoms with Crippen LogP contribution in [0.5, 0.6) is 5.75 Å². The van der Waals surface area contributed by atoms with Crippen LogP contribution in [0.2, 0.25) is 0 Å². The Hall–Kier alpha value is -1.02. The quantitative estimate of drug-likeness (QED) is 0.800. The smallest absolute Gasteiger partial charge is 0.119 e. The van der Waals surface area contributed by atoms with E-state index < -0.39 is 0 Å². The van der Waals surface area contributed by atoms with Gasteiger partial charge in [0.25, 0.3) is 0 Å². The molecule has 2 nitrogen and oxygen atoms in total. The van der Waals surface area contributed by atoms with Crippen LogP contribution in [0.1, 0.15) is 20.8 Å². The second-order valence-corrected chi connectivity index (χ2v) is 4.60. The van der Waals surface area contributed by atoms with Crippen molar-refractivity contribution in [3.63, 3.8) is 0 Å². The second kappa shape index (κ2) is 4.47. The molecule has 1 rings (SSSR count). The SMILES string of the molecule is CC(C)(C)C(N)COc1ccccc1. The molecule has 78 valence electrons. The minimum absolute atomic E-state index is 0.0581. The van der Waals surface area contributed by atoms with Crippen molar-refractivity contribution < 1.29 is 4.74 Å². The minimum Gasteiger partial charge on any atom is -0.492 e. The molecule has 2 heteroatoms. The molecule has 0 aromatic heterocycles. The molecule has 0 heterocycles. The summed E-state index contributed by atoms with van der Waals surface area (Å²) in [5, 5.41) is 0. The van der Waals surface area contributed by atoms with E-state index in [0.717, 1.165) is 5.75 Å². The van der Waals surface area contributed by atoms with Crippen molar-refractivity contribution in [1.82, 2.24) is 0 Å². The zero-order valence-corrected chi connectivity index (χ0v) is 9.16. The topological polar surface area (TPSA) is 35.2 Å². The summed E-state index contributed by atoms with van der Waals surface area (Å²) in [4.78, 5) is 0. The lowest BCUT2D eigenvalue weighted by Gasteiger charge is -2.26. The van der Waals surface area contributed by atoms with Crippen molar-refractivity contribution >= 4 is 0 Å². The van der Waals surface area contributed by atoms with Gasteiger partial charge in [-0.1, -0.05) is 39.0 Å². The molecular weight excluding hydrogens is 174 g/mol. The highest BCUT2D eigenvalue weighted by molar-refractivity contribution is 5.20. The minimum atomic E-state index is 0.0581. The zero-order chi connectivity index (χ0) is 10.6. The first-order valence-electron chi connectivity index (χ1n) is 4.93. The second-order valence-electron chi connectivity index (χ2n) is 4.60. The number of rotatable bonds is 3. The van der Waals surface area contributed by atoms with Gasteiger partial charge in [-0.3, -0.25) is 0 Å². The van der Waals surface area contributed by atoms with Crippen LogP contribution in [0, 0.1) is 5.41 Å². The Morgan fingerprint density at radius 1 is 1.21 bits per heavy atom. The molecule has 0 bridgehead atoms. The van der Waals surface area contributed by atoms with E-state index >= 15 is 0 Å². The van der Waals surface area contributed by atoms with E-state index in [0.29, 0.717) is 6.61 Å². The van der Waals surface area contributed by atoms with Gasteiger partial charge in [0.1, 0.15) is 12.4 Å². The summed E-state index contributed by atoms with van der Waals surface area (Å²) in [7, 11) is 0. The summed E-state index contributed by atoms with van der Waals surface area (Å²) in [5.41, 5.74) is 6.07. The highest BCUT2D eigenvalue weighted by Gasteiger charge is 2.20. The van der Waals surface area contributed by atoms with Crippen LogP contribution in [0.25, 0.3) is 0 Å². The molecule has 0 aliphatic rings. The molecule has 1 aromatic carbocycles. The average Bonchev–Trinajstić information content (AvgIpc) is 2.14. The Balaban J connectivity index is 2.42. The highest BCUT2D eigenvalue weighted by Crippen LogP contribution is 2.18. The Labute approximate surface area is 86.1 Å². The molecule has 0 amide bonds. The lowest BCUT2D eigenvalue weighted by Crippen LogP contribution is -2.40. The van der Waals surface area contributed by atoms with Crippen molar-refractivity contribution in [3.05, 3.63) is 30.3 Å². The molecular formula is C12H19NO. The maximum Gasteiger partial charge on any atom is 0.119 e. The summed E-state index contributed by atoms with van der Waals surface area (Å²) >= 11 is 0. The van der Waals surface area contributed by atoms with E-state index in [-0.39, 0.29) is 11.5 Å². The summed E-state index contributed by atoms with van der Waals surface area (Å²) in [6.07, 6.45) is 0. The molecule has 14 heavy (non-hydrogen) atoms. The maximum absolute atomic E-state index is 5.97. The number of benzene rings is 1. The Morgan fingerprint density at radius 3 is 2.29 bits per heavy atom. The predicted octanol–water partition coefficient (Wildman–Crippen LogP) is 2.44. The molecule has 0 spiro atoms. The van der Waals surface area contributed by atoms with Crippen LogP contribution in [0.3, 0.4) is 0 Å². The zero-order valence-electron chi connectivity index (χ0n) is 9.16. The van der Waals surface area contributed by atoms with E-state index in [1.807, 2.05) is 30.3 Å². The molecule has 1 atom stereocenters. The van der Waals surface area contributed by atoms with Crippen LogP contribution in [0.15, 0.2) is 30.3 Å². The summed E-state index contributed by atoms with van der Waals surface area (Å²) in [5.74, 6) is 0.882. The van der Waals surface area contributed by atoms with E-state index in [9.17, 15) is 0 Å². The predicted molar refractivity (Wildman–Crippen MR) is 59.4 cm³/mol. The van der Waals surface area contributed by atoms with Gasteiger partial charge in [-0.15, -0.1) is 0 Å². The Morgan fingerprint density at radius 2 is 1.79 bits per heavy atom.